The molecule has 0 rings (SSSR count). The van der Waals surface area contributed by atoms with Crippen LogP contribution in [0.25, 0.3) is 0 Å². The molecule has 5 nitrogen and oxygen atoms in total. The van der Waals surface area contributed by atoms with Crippen molar-refractivity contribution in [2.45, 2.75) is 0 Å². The Hall–Kier alpha value is -0.720. The lowest BCUT2D eigenvalue weighted by Crippen LogP contribution is -2.09. The third kappa shape index (κ3) is 7.17. The Balaban J connectivity index is 3.21. The largest absolute Gasteiger partial charge is 0.750 e. The topological polar surface area (TPSA) is 75.7 Å². The van der Waals surface area contributed by atoms with Crippen molar-refractivity contribution in [3.63, 3.8) is 0 Å². The van der Waals surface area contributed by atoms with Gasteiger partial charge in [-0.2, -0.15) is 0 Å². The zero-order valence-corrected chi connectivity index (χ0v) is 6.46. The molecule has 0 radical (unpaired) electrons. The number of esters is 1. The molecule has 0 heterocycles. The molecule has 0 aromatic heterocycles. The van der Waals surface area contributed by atoms with Crippen LogP contribution in [0.3, 0.4) is 0 Å². The summed E-state index contributed by atoms with van der Waals surface area (Å²) in [6, 6.07) is 0. The average molecular weight is 179 g/mol. The van der Waals surface area contributed by atoms with Gasteiger partial charge in [-0.3, -0.25) is 4.18 Å². The highest BCUT2D eigenvalue weighted by Gasteiger charge is 1.93. The van der Waals surface area contributed by atoms with Crippen LogP contribution in [-0.2, 0) is 25.1 Å². The van der Waals surface area contributed by atoms with Crippen molar-refractivity contribution in [2.75, 3.05) is 13.2 Å². The quantitative estimate of drug-likeness (QED) is 0.247. The van der Waals surface area contributed by atoms with Gasteiger partial charge in [0, 0.05) is 6.08 Å². The van der Waals surface area contributed by atoms with Gasteiger partial charge in [-0.15, -0.1) is 0 Å². The van der Waals surface area contributed by atoms with Gasteiger partial charge >= 0.3 is 5.97 Å². The molecular formula is C5H7O5S-. The summed E-state index contributed by atoms with van der Waals surface area (Å²) in [5, 5.41) is 0. The van der Waals surface area contributed by atoms with Gasteiger partial charge < -0.3 is 9.29 Å². The zero-order chi connectivity index (χ0) is 8.69. The second kappa shape index (κ2) is 6.02. The molecule has 64 valence electrons. The Kier molecular flexibility index (Phi) is 5.63. The minimum Gasteiger partial charge on any atom is -0.750 e. The molecular weight excluding hydrogens is 172 g/mol. The molecule has 0 aliphatic rings. The van der Waals surface area contributed by atoms with E-state index < -0.39 is 17.3 Å². The normalized spacial score (nSPS) is 12.1. The van der Waals surface area contributed by atoms with Crippen molar-refractivity contribution in [1.82, 2.24) is 0 Å². The Bertz CT molecular complexity index is 166. The molecule has 0 spiro atoms. The second-order valence-corrected chi connectivity index (χ2v) is 2.04. The number of ether oxygens (including phenoxy) is 1. The summed E-state index contributed by atoms with van der Waals surface area (Å²) in [4.78, 5) is 10.3. The van der Waals surface area contributed by atoms with Gasteiger partial charge in [0.2, 0.25) is 0 Å². The van der Waals surface area contributed by atoms with Gasteiger partial charge in [-0.05, 0) is 0 Å². The van der Waals surface area contributed by atoms with Crippen LogP contribution in [0.2, 0.25) is 0 Å². The summed E-state index contributed by atoms with van der Waals surface area (Å²) in [5.41, 5.74) is 0. The second-order valence-electron chi connectivity index (χ2n) is 1.40. The number of carbonyl (C=O) groups excluding carboxylic acids is 1. The van der Waals surface area contributed by atoms with E-state index in [9.17, 15) is 13.6 Å². The Morgan fingerprint density at radius 2 is 2.27 bits per heavy atom. The summed E-state index contributed by atoms with van der Waals surface area (Å²) in [6.45, 7) is 2.87. The van der Waals surface area contributed by atoms with Gasteiger partial charge in [0.25, 0.3) is 0 Å². The van der Waals surface area contributed by atoms with Crippen molar-refractivity contribution in [1.29, 1.82) is 0 Å². The van der Waals surface area contributed by atoms with Gasteiger partial charge in [0.1, 0.15) is 6.61 Å². The maximum atomic E-state index is 10.3. The first-order valence-corrected chi connectivity index (χ1v) is 3.68. The van der Waals surface area contributed by atoms with E-state index in [1.807, 2.05) is 0 Å². The van der Waals surface area contributed by atoms with Gasteiger partial charge in [-0.1, -0.05) is 6.58 Å². The van der Waals surface area contributed by atoms with Gasteiger partial charge in [0.05, 0.1) is 18.0 Å². The molecule has 0 saturated carbocycles. The number of rotatable bonds is 5. The van der Waals surface area contributed by atoms with Gasteiger partial charge in [0.15, 0.2) is 0 Å². The van der Waals surface area contributed by atoms with E-state index in [2.05, 4.69) is 15.5 Å². The molecule has 0 aromatic rings. The predicted molar refractivity (Wildman–Crippen MR) is 36.0 cm³/mol. The van der Waals surface area contributed by atoms with E-state index in [0.717, 1.165) is 6.08 Å². The van der Waals surface area contributed by atoms with E-state index in [-0.39, 0.29) is 13.2 Å². The first-order valence-electron chi connectivity index (χ1n) is 2.68. The lowest BCUT2D eigenvalue weighted by molar-refractivity contribution is -0.138. The standard InChI is InChI=1S/C5H8O5S/c1-2-5(6)9-3-4-10-11(7)8/h2H,1,3-4H2,(H,7,8)/p-1. The minimum atomic E-state index is -2.55. The van der Waals surface area contributed by atoms with E-state index in [1.54, 1.807) is 0 Å². The SMILES string of the molecule is C=CC(=O)OCCOS(=O)[O-]. The summed E-state index contributed by atoms with van der Waals surface area (Å²) in [5.74, 6) is -0.606. The molecule has 1 atom stereocenters. The highest BCUT2D eigenvalue weighted by atomic mass is 32.2. The van der Waals surface area contributed by atoms with E-state index in [0.29, 0.717) is 0 Å². The lowest BCUT2D eigenvalue weighted by atomic mass is 10.6. The molecule has 0 aliphatic heterocycles. The highest BCUT2D eigenvalue weighted by Crippen LogP contribution is 1.82. The van der Waals surface area contributed by atoms with Crippen LogP contribution < -0.4 is 0 Å². The molecule has 0 aliphatic carbocycles. The summed E-state index contributed by atoms with van der Waals surface area (Å²) >= 11 is -2.55. The van der Waals surface area contributed by atoms with Crippen LogP contribution >= 0.6 is 0 Å². The van der Waals surface area contributed by atoms with Crippen molar-refractivity contribution < 1.29 is 22.5 Å². The fourth-order valence-electron chi connectivity index (χ4n) is 0.303. The molecule has 6 heteroatoms. The van der Waals surface area contributed by atoms with Gasteiger partial charge in [-0.25, -0.2) is 9.00 Å². The molecule has 0 N–H and O–H groups in total. The summed E-state index contributed by atoms with van der Waals surface area (Å²) in [6.07, 6.45) is 0.980. The summed E-state index contributed by atoms with van der Waals surface area (Å²) in [7, 11) is 0. The average Bonchev–Trinajstić information content (AvgIpc) is 1.97. The van der Waals surface area contributed by atoms with Crippen LogP contribution in [-0.4, -0.2) is 27.9 Å². The fraction of sp³-hybridized carbons (Fsp3) is 0.400. The van der Waals surface area contributed by atoms with Crippen molar-refractivity contribution in [3.05, 3.63) is 12.7 Å². The minimum absolute atomic E-state index is 0.0984. The molecule has 0 bridgehead atoms. The number of hydrogen-bond acceptors (Lipinski definition) is 5. The molecule has 0 fully saturated rings. The van der Waals surface area contributed by atoms with E-state index in [1.165, 1.54) is 0 Å². The first-order chi connectivity index (χ1) is 5.16. The van der Waals surface area contributed by atoms with Crippen LogP contribution in [0.4, 0.5) is 0 Å². The Morgan fingerprint density at radius 1 is 1.64 bits per heavy atom. The van der Waals surface area contributed by atoms with Crippen molar-refractivity contribution in [2.24, 2.45) is 0 Å². The Labute approximate surface area is 66.5 Å². The van der Waals surface area contributed by atoms with Crippen LogP contribution in [0, 0.1) is 0 Å². The van der Waals surface area contributed by atoms with Crippen molar-refractivity contribution >= 4 is 17.3 Å². The maximum Gasteiger partial charge on any atom is 0.330 e. The number of hydrogen-bond donors (Lipinski definition) is 0. The third-order valence-corrected chi connectivity index (χ3v) is 1.03. The van der Waals surface area contributed by atoms with Crippen LogP contribution in [0.1, 0.15) is 0 Å². The molecule has 0 amide bonds. The monoisotopic (exact) mass is 179 g/mol. The number of carbonyl (C=O) groups is 1. The van der Waals surface area contributed by atoms with Crippen LogP contribution in [0.5, 0.6) is 0 Å². The van der Waals surface area contributed by atoms with E-state index in [4.69, 9.17) is 0 Å². The molecule has 11 heavy (non-hydrogen) atoms. The molecule has 1 unspecified atom stereocenters. The fourth-order valence-corrected chi connectivity index (χ4v) is 0.507. The first kappa shape index (κ1) is 10.3. The summed E-state index contributed by atoms with van der Waals surface area (Å²) < 4.78 is 27.9. The van der Waals surface area contributed by atoms with Crippen molar-refractivity contribution in [3.8, 4) is 0 Å². The highest BCUT2D eigenvalue weighted by molar-refractivity contribution is 7.74. The third-order valence-electron chi connectivity index (χ3n) is 0.674. The predicted octanol–water partition coefficient (Wildman–Crippen LogP) is -0.474. The lowest BCUT2D eigenvalue weighted by Gasteiger charge is -2.04. The Morgan fingerprint density at radius 3 is 2.73 bits per heavy atom. The molecule has 0 aromatic carbocycles. The van der Waals surface area contributed by atoms with E-state index >= 15 is 0 Å². The van der Waals surface area contributed by atoms with Crippen LogP contribution in [0.15, 0.2) is 12.7 Å². The molecule has 0 saturated heterocycles. The maximum absolute atomic E-state index is 10.3. The smallest absolute Gasteiger partial charge is 0.330 e. The zero-order valence-electron chi connectivity index (χ0n) is 5.65.